The van der Waals surface area contributed by atoms with Crippen LogP contribution in [0.3, 0.4) is 0 Å². The van der Waals surface area contributed by atoms with Crippen molar-refractivity contribution in [2.75, 3.05) is 11.5 Å². The quantitative estimate of drug-likeness (QED) is 0.0581. The predicted octanol–water partition coefficient (Wildman–Crippen LogP) is 13.6. The second kappa shape index (κ2) is 22.2. The lowest BCUT2D eigenvalue weighted by Crippen LogP contribution is -2.03. The van der Waals surface area contributed by atoms with Crippen molar-refractivity contribution >= 4 is 11.4 Å². The molecule has 4 aromatic rings. The number of anilines is 2. The van der Waals surface area contributed by atoms with Gasteiger partial charge in [0.2, 0.25) is 0 Å². The highest BCUT2D eigenvalue weighted by molar-refractivity contribution is 5.44. The first kappa shape index (κ1) is 38.3. The molecule has 0 fully saturated rings. The van der Waals surface area contributed by atoms with E-state index >= 15 is 0 Å². The molecule has 0 amide bonds. The Morgan fingerprint density at radius 2 is 0.633 bits per heavy atom. The fourth-order valence-corrected chi connectivity index (χ4v) is 7.45. The van der Waals surface area contributed by atoms with Crippen LogP contribution in [-0.2, 0) is 12.8 Å². The van der Waals surface area contributed by atoms with Crippen LogP contribution < -0.4 is 11.5 Å². The molecule has 2 atom stereocenters. The molecule has 264 valence electrons. The SMILES string of the molecule is CCCCCCCCCC(c1ccc(N)cc1)c1ccc(CCCc2ccc(C(CCCCCCCCC)c3ccc(N)cc3)cc2)cc1. The molecule has 2 unspecified atom stereocenters. The Morgan fingerprint density at radius 3 is 0.959 bits per heavy atom. The molecule has 49 heavy (non-hydrogen) atoms. The van der Waals surface area contributed by atoms with Gasteiger partial charge in [-0.1, -0.05) is 177 Å². The van der Waals surface area contributed by atoms with E-state index in [4.69, 9.17) is 11.5 Å². The Hall–Kier alpha value is -3.52. The zero-order chi connectivity index (χ0) is 34.5. The number of benzene rings is 4. The highest BCUT2D eigenvalue weighted by Crippen LogP contribution is 2.33. The molecule has 2 heteroatoms. The maximum Gasteiger partial charge on any atom is 0.0314 e. The van der Waals surface area contributed by atoms with E-state index in [1.807, 2.05) is 0 Å². The zero-order valence-corrected chi connectivity index (χ0v) is 31.0. The van der Waals surface area contributed by atoms with Crippen molar-refractivity contribution < 1.29 is 0 Å². The highest BCUT2D eigenvalue weighted by Gasteiger charge is 2.16. The fourth-order valence-electron chi connectivity index (χ4n) is 7.45. The molecule has 0 aliphatic rings. The van der Waals surface area contributed by atoms with Gasteiger partial charge >= 0.3 is 0 Å². The molecule has 2 nitrogen and oxygen atoms in total. The van der Waals surface area contributed by atoms with Gasteiger partial charge < -0.3 is 11.5 Å². The lowest BCUT2D eigenvalue weighted by Gasteiger charge is -2.19. The molecule has 4 aromatic carbocycles. The lowest BCUT2D eigenvalue weighted by atomic mass is 9.85. The lowest BCUT2D eigenvalue weighted by molar-refractivity contribution is 0.558. The Kier molecular flexibility index (Phi) is 17.4. The second-order valence-electron chi connectivity index (χ2n) is 14.6. The summed E-state index contributed by atoms with van der Waals surface area (Å²) in [4.78, 5) is 0. The van der Waals surface area contributed by atoms with E-state index in [9.17, 15) is 0 Å². The topological polar surface area (TPSA) is 52.0 Å². The summed E-state index contributed by atoms with van der Waals surface area (Å²) in [6.45, 7) is 4.58. The smallest absolute Gasteiger partial charge is 0.0314 e. The van der Waals surface area contributed by atoms with Crippen molar-refractivity contribution in [3.63, 3.8) is 0 Å². The molecule has 0 spiro atoms. The van der Waals surface area contributed by atoms with Gasteiger partial charge in [0.25, 0.3) is 0 Å². The first-order valence-electron chi connectivity index (χ1n) is 20.0. The molecule has 0 saturated carbocycles. The van der Waals surface area contributed by atoms with Crippen molar-refractivity contribution in [3.05, 3.63) is 130 Å². The Bertz CT molecular complexity index is 1290. The summed E-state index contributed by atoms with van der Waals surface area (Å²) in [5, 5.41) is 0. The first-order valence-corrected chi connectivity index (χ1v) is 20.0. The van der Waals surface area contributed by atoms with E-state index in [1.165, 1.54) is 136 Å². The summed E-state index contributed by atoms with van der Waals surface area (Å²) >= 11 is 0. The molecule has 0 bridgehead atoms. The molecular weight excluding hydrogens is 593 g/mol. The van der Waals surface area contributed by atoms with Gasteiger partial charge in [-0.25, -0.2) is 0 Å². The van der Waals surface area contributed by atoms with Crippen molar-refractivity contribution in [3.8, 4) is 0 Å². The van der Waals surface area contributed by atoms with Gasteiger partial charge in [0.05, 0.1) is 0 Å². The van der Waals surface area contributed by atoms with Gasteiger partial charge in [0.15, 0.2) is 0 Å². The van der Waals surface area contributed by atoms with E-state index in [0.717, 1.165) is 30.6 Å². The van der Waals surface area contributed by atoms with Crippen LogP contribution in [0.5, 0.6) is 0 Å². The molecule has 0 aliphatic carbocycles. The average molecular weight is 659 g/mol. The van der Waals surface area contributed by atoms with Gasteiger partial charge in [-0.05, 0) is 89.8 Å². The van der Waals surface area contributed by atoms with Crippen molar-refractivity contribution in [2.24, 2.45) is 0 Å². The maximum absolute atomic E-state index is 6.04. The molecule has 0 saturated heterocycles. The number of unbranched alkanes of at least 4 members (excludes halogenated alkanes) is 12. The monoisotopic (exact) mass is 659 g/mol. The summed E-state index contributed by atoms with van der Waals surface area (Å²) in [5.41, 5.74) is 22.3. The van der Waals surface area contributed by atoms with E-state index < -0.39 is 0 Å². The molecule has 4 rings (SSSR count). The van der Waals surface area contributed by atoms with Crippen LogP contribution in [0.1, 0.15) is 168 Å². The zero-order valence-electron chi connectivity index (χ0n) is 31.0. The Labute approximate surface area is 300 Å². The Balaban J connectivity index is 1.29. The van der Waals surface area contributed by atoms with Crippen molar-refractivity contribution in [1.29, 1.82) is 0 Å². The molecule has 0 radical (unpaired) electrons. The van der Waals surface area contributed by atoms with Crippen LogP contribution in [0.2, 0.25) is 0 Å². The number of nitrogen functional groups attached to an aromatic ring is 2. The molecular formula is C47H66N2. The number of aryl methyl sites for hydroxylation is 2. The minimum atomic E-state index is 0.437. The summed E-state index contributed by atoms with van der Waals surface area (Å²) in [5.74, 6) is 0.873. The molecule has 4 N–H and O–H groups in total. The predicted molar refractivity (Wildman–Crippen MR) is 216 cm³/mol. The van der Waals surface area contributed by atoms with Crippen LogP contribution in [0, 0.1) is 0 Å². The normalized spacial score (nSPS) is 12.6. The number of hydrogen-bond acceptors (Lipinski definition) is 2. The van der Waals surface area contributed by atoms with Crippen LogP contribution >= 0.6 is 0 Å². The van der Waals surface area contributed by atoms with Gasteiger partial charge in [-0.2, -0.15) is 0 Å². The summed E-state index contributed by atoms with van der Waals surface area (Å²) < 4.78 is 0. The highest BCUT2D eigenvalue weighted by atomic mass is 14.5. The summed E-state index contributed by atoms with van der Waals surface area (Å²) in [7, 11) is 0. The van der Waals surface area contributed by atoms with Crippen molar-refractivity contribution in [1.82, 2.24) is 0 Å². The standard InChI is InChI=1S/C47H66N2/c1-3-5-7-9-11-13-15-20-46(42-30-34-44(48)35-31-42)40-26-22-38(23-27-40)18-17-19-39-24-28-41(29-25-39)47(43-32-36-45(49)37-33-43)21-16-14-12-10-8-6-4-2/h22-37,46-47H,3-21,48-49H2,1-2H3. The third-order valence-corrected chi connectivity index (χ3v) is 10.6. The van der Waals surface area contributed by atoms with Crippen LogP contribution in [0.15, 0.2) is 97.1 Å². The molecule has 0 aliphatic heterocycles. The second-order valence-corrected chi connectivity index (χ2v) is 14.6. The fraction of sp³-hybridized carbons (Fsp3) is 0.489. The molecule has 0 heterocycles. The third-order valence-electron chi connectivity index (χ3n) is 10.6. The average Bonchev–Trinajstić information content (AvgIpc) is 3.13. The van der Waals surface area contributed by atoms with Gasteiger partial charge in [0, 0.05) is 23.2 Å². The third kappa shape index (κ3) is 13.7. The van der Waals surface area contributed by atoms with E-state index in [-0.39, 0.29) is 0 Å². The van der Waals surface area contributed by atoms with Gasteiger partial charge in [-0.3, -0.25) is 0 Å². The summed E-state index contributed by atoms with van der Waals surface area (Å²) in [6.07, 6.45) is 24.6. The van der Waals surface area contributed by atoms with Crippen LogP contribution in [0.25, 0.3) is 0 Å². The van der Waals surface area contributed by atoms with Crippen LogP contribution in [0.4, 0.5) is 11.4 Å². The first-order chi connectivity index (χ1) is 24.1. The van der Waals surface area contributed by atoms with E-state index in [2.05, 4.69) is 111 Å². The largest absolute Gasteiger partial charge is 0.399 e. The molecule has 0 aromatic heterocycles. The van der Waals surface area contributed by atoms with E-state index in [0.29, 0.717) is 11.8 Å². The number of nitrogens with two attached hydrogens (primary N) is 2. The minimum Gasteiger partial charge on any atom is -0.399 e. The van der Waals surface area contributed by atoms with Crippen molar-refractivity contribution in [2.45, 2.75) is 148 Å². The Morgan fingerprint density at radius 1 is 0.347 bits per heavy atom. The van der Waals surface area contributed by atoms with Gasteiger partial charge in [0.1, 0.15) is 0 Å². The summed E-state index contributed by atoms with van der Waals surface area (Å²) in [6, 6.07) is 36.2. The number of hydrogen-bond donors (Lipinski definition) is 2. The van der Waals surface area contributed by atoms with E-state index in [1.54, 1.807) is 0 Å². The van der Waals surface area contributed by atoms with Gasteiger partial charge in [-0.15, -0.1) is 0 Å². The number of rotatable bonds is 24. The minimum absolute atomic E-state index is 0.437. The maximum atomic E-state index is 6.04. The van der Waals surface area contributed by atoms with Crippen LogP contribution in [-0.4, -0.2) is 0 Å².